The normalized spacial score (nSPS) is 14.4. The van der Waals surface area contributed by atoms with Crippen molar-refractivity contribution in [3.8, 4) is 29.1 Å². The van der Waals surface area contributed by atoms with Crippen LogP contribution in [0.2, 0.25) is 0 Å². The fourth-order valence-electron chi connectivity index (χ4n) is 3.85. The molecule has 1 atom stereocenters. The summed E-state index contributed by atoms with van der Waals surface area (Å²) in [5, 5.41) is 9.79. The topological polar surface area (TPSA) is 104 Å². The van der Waals surface area contributed by atoms with Crippen LogP contribution in [-0.4, -0.2) is 19.2 Å². The Morgan fingerprint density at radius 3 is 2.54 bits per heavy atom. The van der Waals surface area contributed by atoms with Crippen molar-refractivity contribution in [3.05, 3.63) is 94.9 Å². The first-order chi connectivity index (χ1) is 17.0. The predicted molar refractivity (Wildman–Crippen MR) is 130 cm³/mol. The second-order valence-electron chi connectivity index (χ2n) is 8.12. The molecule has 3 aromatic rings. The first-order valence-corrected chi connectivity index (χ1v) is 11.3. The lowest BCUT2D eigenvalue weighted by Gasteiger charge is -2.27. The molecular formula is C28H26N2O5. The molecule has 1 aliphatic heterocycles. The number of fused-ring (bicyclic) bond motifs is 1. The van der Waals surface area contributed by atoms with Gasteiger partial charge in [-0.15, -0.1) is 0 Å². The van der Waals surface area contributed by atoms with Gasteiger partial charge in [-0.3, -0.25) is 0 Å². The van der Waals surface area contributed by atoms with Crippen molar-refractivity contribution in [1.82, 2.24) is 0 Å². The van der Waals surface area contributed by atoms with Gasteiger partial charge in [0.05, 0.1) is 12.5 Å². The third kappa shape index (κ3) is 5.56. The van der Waals surface area contributed by atoms with E-state index < -0.39 is 11.9 Å². The van der Waals surface area contributed by atoms with Crippen LogP contribution in [0.3, 0.4) is 0 Å². The molecule has 1 heterocycles. The number of nitriles is 1. The van der Waals surface area contributed by atoms with Crippen molar-refractivity contribution in [3.63, 3.8) is 0 Å². The number of nitrogens with zero attached hydrogens (tertiary/aromatic N) is 1. The van der Waals surface area contributed by atoms with E-state index in [1.165, 1.54) is 0 Å². The number of ether oxygens (including phenoxy) is 4. The van der Waals surface area contributed by atoms with Crippen molar-refractivity contribution in [1.29, 1.82) is 5.26 Å². The van der Waals surface area contributed by atoms with E-state index in [2.05, 4.69) is 6.07 Å². The van der Waals surface area contributed by atoms with Crippen LogP contribution >= 0.6 is 0 Å². The van der Waals surface area contributed by atoms with Crippen molar-refractivity contribution in [2.75, 3.05) is 13.2 Å². The second kappa shape index (κ2) is 10.7. The molecule has 3 aromatic carbocycles. The van der Waals surface area contributed by atoms with Crippen molar-refractivity contribution >= 4 is 5.97 Å². The van der Waals surface area contributed by atoms with E-state index in [0.717, 1.165) is 23.1 Å². The van der Waals surface area contributed by atoms with Crippen molar-refractivity contribution < 1.29 is 23.7 Å². The molecule has 0 saturated carbocycles. The van der Waals surface area contributed by atoms with E-state index in [1.807, 2.05) is 56.3 Å². The first kappa shape index (κ1) is 23.7. The van der Waals surface area contributed by atoms with Gasteiger partial charge in [-0.2, -0.15) is 5.26 Å². The molecular weight excluding hydrogens is 444 g/mol. The molecule has 7 nitrogen and oxygen atoms in total. The Labute approximate surface area is 204 Å². The summed E-state index contributed by atoms with van der Waals surface area (Å²) in [5.74, 6) is 1.02. The summed E-state index contributed by atoms with van der Waals surface area (Å²) < 4.78 is 22.4. The number of hydrogen-bond donors (Lipinski definition) is 1. The number of rotatable bonds is 8. The molecule has 0 bridgehead atoms. The third-order valence-corrected chi connectivity index (χ3v) is 5.43. The third-order valence-electron chi connectivity index (χ3n) is 5.43. The second-order valence-corrected chi connectivity index (χ2v) is 8.12. The smallest absolute Gasteiger partial charge is 0.349 e. The predicted octanol–water partition coefficient (Wildman–Crippen LogP) is 4.99. The lowest BCUT2D eigenvalue weighted by Crippen LogP contribution is -2.21. The van der Waals surface area contributed by atoms with Crippen LogP contribution in [0, 0.1) is 18.3 Å². The van der Waals surface area contributed by atoms with E-state index in [4.69, 9.17) is 24.7 Å². The van der Waals surface area contributed by atoms with Crippen LogP contribution in [0.5, 0.6) is 23.0 Å². The SMILES string of the molecule is CCCOc1cccc(C2C(C#N)=C(N)Oc3cc(OC(=O)COc4cccc(C)c4)ccc32)c1. The summed E-state index contributed by atoms with van der Waals surface area (Å²) in [5.41, 5.74) is 9.02. The highest BCUT2D eigenvalue weighted by Gasteiger charge is 2.31. The quantitative estimate of drug-likeness (QED) is 0.365. The van der Waals surface area contributed by atoms with Crippen LogP contribution in [0.1, 0.15) is 36.0 Å². The minimum Gasteiger partial charge on any atom is -0.494 e. The Kier molecular flexibility index (Phi) is 7.22. The maximum atomic E-state index is 12.3. The zero-order valence-electron chi connectivity index (χ0n) is 19.6. The highest BCUT2D eigenvalue weighted by Crippen LogP contribution is 2.44. The summed E-state index contributed by atoms with van der Waals surface area (Å²) in [7, 11) is 0. The molecule has 0 amide bonds. The Morgan fingerprint density at radius 2 is 1.80 bits per heavy atom. The molecule has 0 aromatic heterocycles. The van der Waals surface area contributed by atoms with Crippen molar-refractivity contribution in [2.45, 2.75) is 26.2 Å². The largest absolute Gasteiger partial charge is 0.494 e. The van der Waals surface area contributed by atoms with E-state index in [-0.39, 0.29) is 18.2 Å². The Morgan fingerprint density at radius 1 is 1.03 bits per heavy atom. The molecule has 4 rings (SSSR count). The maximum absolute atomic E-state index is 12.3. The molecule has 1 aliphatic rings. The molecule has 0 radical (unpaired) electrons. The standard InChI is InChI=1S/C28H26N2O5/c1-3-12-32-21-9-5-7-19(14-21)27-23-11-10-22(15-25(23)35-28(30)24(27)16-29)34-26(31)17-33-20-8-4-6-18(2)13-20/h4-11,13-15,27H,3,12,17,30H2,1-2H3. The minimum atomic E-state index is -0.555. The fraction of sp³-hybridized carbons (Fsp3) is 0.214. The monoisotopic (exact) mass is 470 g/mol. The number of allylic oxidation sites excluding steroid dienone is 1. The number of aryl methyl sites for hydroxylation is 1. The van der Waals surface area contributed by atoms with Gasteiger partial charge in [0.25, 0.3) is 0 Å². The van der Waals surface area contributed by atoms with Gasteiger partial charge in [-0.1, -0.05) is 37.3 Å². The Bertz CT molecular complexity index is 1310. The summed E-state index contributed by atoms with van der Waals surface area (Å²) in [4.78, 5) is 12.3. The average Bonchev–Trinajstić information content (AvgIpc) is 2.85. The molecule has 0 aliphatic carbocycles. The van der Waals surface area contributed by atoms with E-state index in [9.17, 15) is 10.1 Å². The fourth-order valence-corrected chi connectivity index (χ4v) is 3.85. The lowest BCUT2D eigenvalue weighted by molar-refractivity contribution is -0.136. The van der Waals surface area contributed by atoms with Crippen LogP contribution in [0.4, 0.5) is 0 Å². The van der Waals surface area contributed by atoms with Crippen LogP contribution < -0.4 is 24.7 Å². The first-order valence-electron chi connectivity index (χ1n) is 11.3. The number of carbonyl (C=O) groups is 1. The molecule has 178 valence electrons. The van der Waals surface area contributed by atoms with E-state index >= 15 is 0 Å². The van der Waals surface area contributed by atoms with Crippen molar-refractivity contribution in [2.24, 2.45) is 5.73 Å². The Hall–Kier alpha value is -4.44. The minimum absolute atomic E-state index is 0.0103. The maximum Gasteiger partial charge on any atom is 0.349 e. The number of nitrogens with two attached hydrogens (primary N) is 1. The molecule has 1 unspecified atom stereocenters. The molecule has 35 heavy (non-hydrogen) atoms. The number of esters is 1. The molecule has 0 fully saturated rings. The van der Waals surface area contributed by atoms with Crippen LogP contribution in [0.25, 0.3) is 0 Å². The molecule has 0 spiro atoms. The van der Waals surface area contributed by atoms with Gasteiger partial charge in [0.2, 0.25) is 5.88 Å². The summed E-state index contributed by atoms with van der Waals surface area (Å²) in [6, 6.07) is 22.2. The average molecular weight is 471 g/mol. The highest BCUT2D eigenvalue weighted by molar-refractivity contribution is 5.74. The highest BCUT2D eigenvalue weighted by atomic mass is 16.6. The van der Waals surface area contributed by atoms with Gasteiger partial charge in [0.15, 0.2) is 6.61 Å². The van der Waals surface area contributed by atoms with Gasteiger partial charge in [0.1, 0.15) is 34.6 Å². The van der Waals surface area contributed by atoms with E-state index in [0.29, 0.717) is 29.4 Å². The van der Waals surface area contributed by atoms with Gasteiger partial charge >= 0.3 is 5.97 Å². The van der Waals surface area contributed by atoms with Crippen LogP contribution in [0.15, 0.2) is 78.2 Å². The Balaban J connectivity index is 1.55. The lowest BCUT2D eigenvalue weighted by atomic mass is 9.83. The van der Waals surface area contributed by atoms with Gasteiger partial charge in [-0.25, -0.2) is 4.79 Å². The zero-order valence-corrected chi connectivity index (χ0v) is 19.6. The number of carbonyl (C=O) groups excluding carboxylic acids is 1. The van der Waals surface area contributed by atoms with E-state index in [1.54, 1.807) is 24.3 Å². The summed E-state index contributed by atoms with van der Waals surface area (Å²) >= 11 is 0. The number of benzene rings is 3. The van der Waals surface area contributed by atoms with Gasteiger partial charge in [-0.05, 0) is 54.8 Å². The van der Waals surface area contributed by atoms with Crippen LogP contribution in [-0.2, 0) is 4.79 Å². The van der Waals surface area contributed by atoms with Gasteiger partial charge < -0.3 is 24.7 Å². The van der Waals surface area contributed by atoms with Gasteiger partial charge in [0, 0.05) is 11.6 Å². The molecule has 0 saturated heterocycles. The zero-order chi connectivity index (χ0) is 24.8. The number of hydrogen-bond acceptors (Lipinski definition) is 7. The molecule has 7 heteroatoms. The summed E-state index contributed by atoms with van der Waals surface area (Å²) in [6.07, 6.45) is 0.887. The molecule has 2 N–H and O–H groups in total. The summed E-state index contributed by atoms with van der Waals surface area (Å²) in [6.45, 7) is 4.33.